The van der Waals surface area contributed by atoms with Gasteiger partial charge in [0.2, 0.25) is 0 Å². The zero-order valence-electron chi connectivity index (χ0n) is 8.07. The van der Waals surface area contributed by atoms with Crippen LogP contribution in [-0.4, -0.2) is 24.0 Å². The highest BCUT2D eigenvalue weighted by molar-refractivity contribution is 5.93. The Kier molecular flexibility index (Phi) is 2.79. The molecule has 0 spiro atoms. The van der Waals surface area contributed by atoms with Gasteiger partial charge in [-0.25, -0.2) is 5.01 Å². The van der Waals surface area contributed by atoms with E-state index in [2.05, 4.69) is 5.43 Å². The van der Waals surface area contributed by atoms with Crippen LogP contribution in [0.25, 0.3) is 0 Å². The van der Waals surface area contributed by atoms with Crippen molar-refractivity contribution in [2.75, 3.05) is 13.1 Å². The van der Waals surface area contributed by atoms with Crippen molar-refractivity contribution >= 4 is 5.91 Å². The number of amides is 1. The van der Waals surface area contributed by atoms with Crippen LogP contribution in [0, 0.1) is 0 Å². The number of carbonyl (C=O) groups excluding carboxylic acids is 1. The maximum Gasteiger partial charge on any atom is 0.265 e. The zero-order valence-corrected chi connectivity index (χ0v) is 8.07. The first kappa shape index (κ1) is 9.21. The average molecular weight is 190 g/mol. The highest BCUT2D eigenvalue weighted by atomic mass is 16.2. The van der Waals surface area contributed by atoms with E-state index in [1.807, 2.05) is 35.3 Å². The molecule has 0 bridgehead atoms. The number of hydrogen-bond donors (Lipinski definition) is 1. The van der Waals surface area contributed by atoms with Crippen LogP contribution < -0.4 is 5.43 Å². The minimum atomic E-state index is -0.00694. The van der Waals surface area contributed by atoms with Gasteiger partial charge < -0.3 is 0 Å². The fraction of sp³-hybridized carbons (Fsp3) is 0.364. The van der Waals surface area contributed by atoms with Crippen molar-refractivity contribution in [2.24, 2.45) is 0 Å². The van der Waals surface area contributed by atoms with E-state index < -0.39 is 0 Å². The summed E-state index contributed by atoms with van der Waals surface area (Å²) in [4.78, 5) is 11.6. The molecule has 0 unspecified atom stereocenters. The summed E-state index contributed by atoms with van der Waals surface area (Å²) >= 11 is 0. The van der Waals surface area contributed by atoms with Crippen molar-refractivity contribution in [3.05, 3.63) is 35.9 Å². The second-order valence-corrected chi connectivity index (χ2v) is 3.50. The summed E-state index contributed by atoms with van der Waals surface area (Å²) < 4.78 is 0. The standard InChI is InChI=1S/C11H14N2O/c14-11(10-6-2-1-3-7-10)12-13-8-4-5-9-13/h1-3,6-7H,4-5,8-9H2,(H,12,14). The Morgan fingerprint density at radius 1 is 1.14 bits per heavy atom. The second-order valence-electron chi connectivity index (χ2n) is 3.50. The lowest BCUT2D eigenvalue weighted by molar-refractivity contribution is 0.0826. The smallest absolute Gasteiger partial charge is 0.265 e. The molecule has 1 aromatic carbocycles. The first-order valence-corrected chi connectivity index (χ1v) is 4.97. The Labute approximate surface area is 83.7 Å². The highest BCUT2D eigenvalue weighted by Gasteiger charge is 2.14. The number of benzene rings is 1. The molecule has 2 rings (SSSR count). The van der Waals surface area contributed by atoms with Crippen molar-refractivity contribution in [1.29, 1.82) is 0 Å². The van der Waals surface area contributed by atoms with Gasteiger partial charge in [-0.2, -0.15) is 0 Å². The van der Waals surface area contributed by atoms with Gasteiger partial charge in [-0.15, -0.1) is 0 Å². The van der Waals surface area contributed by atoms with Crippen LogP contribution in [0.2, 0.25) is 0 Å². The molecule has 1 saturated heterocycles. The number of carbonyl (C=O) groups is 1. The van der Waals surface area contributed by atoms with Gasteiger partial charge in [0.25, 0.3) is 5.91 Å². The molecule has 1 fully saturated rings. The minimum absolute atomic E-state index is 0.00694. The van der Waals surface area contributed by atoms with E-state index in [0.29, 0.717) is 0 Å². The molecule has 0 aliphatic carbocycles. The van der Waals surface area contributed by atoms with Crippen LogP contribution in [0.5, 0.6) is 0 Å². The molecule has 1 heterocycles. The Morgan fingerprint density at radius 3 is 2.43 bits per heavy atom. The van der Waals surface area contributed by atoms with Crippen LogP contribution in [0.4, 0.5) is 0 Å². The van der Waals surface area contributed by atoms with Gasteiger partial charge in [-0.3, -0.25) is 10.2 Å². The lowest BCUT2D eigenvalue weighted by Crippen LogP contribution is -2.39. The molecule has 1 amide bonds. The molecule has 74 valence electrons. The first-order chi connectivity index (χ1) is 6.86. The molecule has 1 aliphatic heterocycles. The number of rotatable bonds is 2. The van der Waals surface area contributed by atoms with E-state index in [4.69, 9.17) is 0 Å². The lowest BCUT2D eigenvalue weighted by atomic mass is 10.2. The monoisotopic (exact) mass is 190 g/mol. The van der Waals surface area contributed by atoms with Gasteiger partial charge in [0.1, 0.15) is 0 Å². The molecule has 3 nitrogen and oxygen atoms in total. The van der Waals surface area contributed by atoms with Crippen molar-refractivity contribution in [3.63, 3.8) is 0 Å². The third-order valence-electron chi connectivity index (χ3n) is 2.40. The van der Waals surface area contributed by atoms with Crippen molar-refractivity contribution in [3.8, 4) is 0 Å². The van der Waals surface area contributed by atoms with Gasteiger partial charge in [-0.05, 0) is 25.0 Å². The zero-order chi connectivity index (χ0) is 9.80. The number of hydrogen-bond acceptors (Lipinski definition) is 2. The predicted molar refractivity (Wildman–Crippen MR) is 54.7 cm³/mol. The van der Waals surface area contributed by atoms with Gasteiger partial charge in [0, 0.05) is 18.7 Å². The van der Waals surface area contributed by atoms with Gasteiger partial charge in [0.15, 0.2) is 0 Å². The molecule has 0 saturated carbocycles. The fourth-order valence-electron chi connectivity index (χ4n) is 1.63. The second kappa shape index (κ2) is 4.24. The molecular weight excluding hydrogens is 176 g/mol. The van der Waals surface area contributed by atoms with Crippen molar-refractivity contribution in [1.82, 2.24) is 10.4 Å². The van der Waals surface area contributed by atoms with E-state index in [1.165, 1.54) is 12.8 Å². The SMILES string of the molecule is O=C(NN1CCCC1)c1ccccc1. The van der Waals surface area contributed by atoms with Gasteiger partial charge in [-0.1, -0.05) is 18.2 Å². The molecule has 0 atom stereocenters. The number of nitrogens with zero attached hydrogens (tertiary/aromatic N) is 1. The summed E-state index contributed by atoms with van der Waals surface area (Å²) in [5, 5.41) is 1.98. The summed E-state index contributed by atoms with van der Waals surface area (Å²) in [6, 6.07) is 9.31. The van der Waals surface area contributed by atoms with E-state index in [1.54, 1.807) is 0 Å². The Balaban J connectivity index is 1.95. The quantitative estimate of drug-likeness (QED) is 0.765. The normalized spacial score (nSPS) is 16.9. The third-order valence-corrected chi connectivity index (χ3v) is 2.40. The molecule has 0 aromatic heterocycles. The van der Waals surface area contributed by atoms with Crippen LogP contribution in [0.1, 0.15) is 23.2 Å². The van der Waals surface area contributed by atoms with E-state index in [0.717, 1.165) is 18.7 Å². The molecule has 1 N–H and O–H groups in total. The third kappa shape index (κ3) is 2.12. The predicted octanol–water partition coefficient (Wildman–Crippen LogP) is 1.43. The van der Waals surface area contributed by atoms with E-state index in [-0.39, 0.29) is 5.91 Å². The summed E-state index contributed by atoms with van der Waals surface area (Å²) in [7, 11) is 0. The summed E-state index contributed by atoms with van der Waals surface area (Å²) in [5.74, 6) is -0.00694. The van der Waals surface area contributed by atoms with E-state index >= 15 is 0 Å². The molecule has 1 aromatic rings. The van der Waals surface area contributed by atoms with Crippen LogP contribution in [-0.2, 0) is 0 Å². The number of hydrazine groups is 1. The average Bonchev–Trinajstić information content (AvgIpc) is 2.72. The summed E-state index contributed by atoms with van der Waals surface area (Å²) in [5.41, 5.74) is 3.61. The first-order valence-electron chi connectivity index (χ1n) is 4.97. The topological polar surface area (TPSA) is 32.3 Å². The van der Waals surface area contributed by atoms with Crippen LogP contribution in [0.15, 0.2) is 30.3 Å². The Morgan fingerprint density at radius 2 is 1.79 bits per heavy atom. The Hall–Kier alpha value is -1.35. The highest BCUT2D eigenvalue weighted by Crippen LogP contribution is 2.05. The summed E-state index contributed by atoms with van der Waals surface area (Å²) in [6.07, 6.45) is 2.35. The molecule has 1 aliphatic rings. The molecule has 0 radical (unpaired) electrons. The van der Waals surface area contributed by atoms with Crippen molar-refractivity contribution < 1.29 is 4.79 Å². The maximum atomic E-state index is 11.6. The van der Waals surface area contributed by atoms with E-state index in [9.17, 15) is 4.79 Å². The van der Waals surface area contributed by atoms with Crippen LogP contribution >= 0.6 is 0 Å². The minimum Gasteiger partial charge on any atom is -0.285 e. The maximum absolute atomic E-state index is 11.6. The number of nitrogens with one attached hydrogen (secondary N) is 1. The fourth-order valence-corrected chi connectivity index (χ4v) is 1.63. The summed E-state index contributed by atoms with van der Waals surface area (Å²) in [6.45, 7) is 1.94. The lowest BCUT2D eigenvalue weighted by Gasteiger charge is -2.15. The van der Waals surface area contributed by atoms with Gasteiger partial charge >= 0.3 is 0 Å². The molecular formula is C11H14N2O. The largest absolute Gasteiger partial charge is 0.285 e. The Bertz CT molecular complexity index is 304. The van der Waals surface area contributed by atoms with Gasteiger partial charge in [0.05, 0.1) is 0 Å². The van der Waals surface area contributed by atoms with Crippen LogP contribution in [0.3, 0.4) is 0 Å². The molecule has 14 heavy (non-hydrogen) atoms. The van der Waals surface area contributed by atoms with Crippen molar-refractivity contribution in [2.45, 2.75) is 12.8 Å². The molecule has 3 heteroatoms.